The molecule has 2 heterocycles. The Morgan fingerprint density at radius 2 is 2.00 bits per heavy atom. The Balaban J connectivity index is 1.47. The average molecular weight is 328 g/mol. The number of carbonyl (C=O) groups excluding carboxylic acids is 1. The smallest absolute Gasteiger partial charge is 0.246 e. The fourth-order valence-corrected chi connectivity index (χ4v) is 4.54. The topological polar surface area (TPSA) is 105 Å². The molecule has 1 N–H and O–H groups in total. The van der Waals surface area contributed by atoms with Gasteiger partial charge < -0.3 is 9.84 Å². The van der Waals surface area contributed by atoms with Crippen LogP contribution in [0.1, 0.15) is 37.4 Å². The number of amides is 1. The molecule has 3 rings (SSSR count). The average Bonchev–Trinajstić information content (AvgIpc) is 3.29. The van der Waals surface area contributed by atoms with Gasteiger partial charge in [-0.15, -0.1) is 0 Å². The Morgan fingerprint density at radius 1 is 1.32 bits per heavy atom. The van der Waals surface area contributed by atoms with Gasteiger partial charge in [0.25, 0.3) is 0 Å². The predicted molar refractivity (Wildman–Crippen MR) is 77.1 cm³/mol. The van der Waals surface area contributed by atoms with Crippen LogP contribution in [0.5, 0.6) is 0 Å². The Labute approximate surface area is 129 Å². The van der Waals surface area contributed by atoms with Gasteiger partial charge in [-0.1, -0.05) is 5.16 Å². The molecule has 22 heavy (non-hydrogen) atoms. The van der Waals surface area contributed by atoms with Crippen LogP contribution in [0.3, 0.4) is 0 Å². The highest BCUT2D eigenvalue weighted by molar-refractivity contribution is 7.90. The molecule has 0 radical (unpaired) electrons. The summed E-state index contributed by atoms with van der Waals surface area (Å²) in [6.45, 7) is 2.78. The first-order valence-corrected chi connectivity index (χ1v) is 9.03. The van der Waals surface area contributed by atoms with Crippen molar-refractivity contribution >= 4 is 15.9 Å². The van der Waals surface area contributed by atoms with Crippen molar-refractivity contribution in [2.24, 2.45) is 5.92 Å². The van der Waals surface area contributed by atoms with Crippen molar-refractivity contribution < 1.29 is 17.7 Å². The van der Waals surface area contributed by atoms with Crippen molar-refractivity contribution in [3.05, 3.63) is 11.7 Å². The molecular formula is C13H20N4O4S. The van der Waals surface area contributed by atoms with E-state index in [2.05, 4.69) is 15.5 Å². The molecule has 0 atom stereocenters. The molecule has 122 valence electrons. The number of hydrogen-bond acceptors (Lipinski definition) is 6. The van der Waals surface area contributed by atoms with Crippen LogP contribution in [0.4, 0.5) is 0 Å². The maximum absolute atomic E-state index is 12.1. The minimum atomic E-state index is -3.12. The third-order valence-electron chi connectivity index (χ3n) is 4.11. The van der Waals surface area contributed by atoms with E-state index in [1.54, 1.807) is 6.92 Å². The maximum atomic E-state index is 12.1. The van der Waals surface area contributed by atoms with Crippen LogP contribution in [0.15, 0.2) is 4.52 Å². The van der Waals surface area contributed by atoms with Crippen molar-refractivity contribution in [3.8, 4) is 0 Å². The third kappa shape index (κ3) is 3.30. The van der Waals surface area contributed by atoms with Gasteiger partial charge in [0.1, 0.15) is 0 Å². The Bertz CT molecular complexity index is 645. The molecule has 1 aromatic heterocycles. The lowest BCUT2D eigenvalue weighted by Gasteiger charge is -2.30. The molecule has 0 bridgehead atoms. The largest absolute Gasteiger partial charge is 0.347 e. The van der Waals surface area contributed by atoms with E-state index in [1.165, 1.54) is 4.31 Å². The molecule has 1 saturated heterocycles. The molecular weight excluding hydrogens is 308 g/mol. The zero-order valence-corrected chi connectivity index (χ0v) is 13.3. The van der Waals surface area contributed by atoms with Gasteiger partial charge in [-0.05, 0) is 32.6 Å². The van der Waals surface area contributed by atoms with Crippen molar-refractivity contribution in [2.45, 2.75) is 44.4 Å². The predicted octanol–water partition coefficient (Wildman–Crippen LogP) is 0.198. The fourth-order valence-electron chi connectivity index (χ4n) is 2.67. The summed E-state index contributed by atoms with van der Waals surface area (Å²) in [5.41, 5.74) is 0. The molecule has 1 aliphatic heterocycles. The van der Waals surface area contributed by atoms with Crippen molar-refractivity contribution in [1.29, 1.82) is 0 Å². The molecule has 0 aromatic carbocycles. The summed E-state index contributed by atoms with van der Waals surface area (Å²) in [5.74, 6) is 0.663. The second kappa shape index (κ2) is 5.96. The highest BCUT2D eigenvalue weighted by Crippen LogP contribution is 2.33. The summed E-state index contributed by atoms with van der Waals surface area (Å²) in [6, 6.07) is 0. The number of nitrogens with one attached hydrogen (secondary N) is 1. The first kappa shape index (κ1) is 15.4. The molecule has 2 fully saturated rings. The molecule has 9 heteroatoms. The molecule has 1 amide bonds. The number of sulfonamides is 1. The standard InChI is InChI=1S/C13H20N4O4S/c1-9-15-12(21-16-9)8-14-13(18)10-4-6-17(7-5-10)22(19,20)11-2-3-11/h10-11H,2-8H2,1H3,(H,14,18). The van der Waals surface area contributed by atoms with Gasteiger partial charge in [-0.2, -0.15) is 4.98 Å². The summed E-state index contributed by atoms with van der Waals surface area (Å²) in [7, 11) is -3.12. The molecule has 1 aliphatic carbocycles. The first-order valence-electron chi connectivity index (χ1n) is 7.52. The number of rotatable bonds is 5. The Morgan fingerprint density at radius 3 is 2.55 bits per heavy atom. The number of nitrogens with zero attached hydrogens (tertiary/aromatic N) is 3. The zero-order valence-electron chi connectivity index (χ0n) is 12.5. The lowest BCUT2D eigenvalue weighted by molar-refractivity contribution is -0.126. The molecule has 0 unspecified atom stereocenters. The van der Waals surface area contributed by atoms with Gasteiger partial charge in [0.15, 0.2) is 5.82 Å². The number of carbonyl (C=O) groups is 1. The van der Waals surface area contributed by atoms with E-state index >= 15 is 0 Å². The molecule has 2 aliphatic rings. The van der Waals surface area contributed by atoms with E-state index in [0.29, 0.717) is 37.6 Å². The van der Waals surface area contributed by atoms with Crippen molar-refractivity contribution in [3.63, 3.8) is 0 Å². The van der Waals surface area contributed by atoms with E-state index < -0.39 is 10.0 Å². The number of aryl methyl sites for hydroxylation is 1. The van der Waals surface area contributed by atoms with Crippen LogP contribution in [0.2, 0.25) is 0 Å². The zero-order chi connectivity index (χ0) is 15.7. The number of piperidine rings is 1. The highest BCUT2D eigenvalue weighted by Gasteiger charge is 2.41. The molecule has 8 nitrogen and oxygen atoms in total. The van der Waals surface area contributed by atoms with E-state index in [0.717, 1.165) is 12.8 Å². The van der Waals surface area contributed by atoms with E-state index in [4.69, 9.17) is 4.52 Å². The number of hydrogen-bond donors (Lipinski definition) is 1. The summed E-state index contributed by atoms with van der Waals surface area (Å²) in [5, 5.41) is 6.24. The number of aromatic nitrogens is 2. The van der Waals surface area contributed by atoms with Crippen LogP contribution in [-0.4, -0.2) is 47.1 Å². The quantitative estimate of drug-likeness (QED) is 0.827. The maximum Gasteiger partial charge on any atom is 0.246 e. The minimum Gasteiger partial charge on any atom is -0.347 e. The summed E-state index contributed by atoms with van der Waals surface area (Å²) < 4.78 is 30.7. The van der Waals surface area contributed by atoms with Crippen LogP contribution in [-0.2, 0) is 21.4 Å². The van der Waals surface area contributed by atoms with Gasteiger partial charge in [-0.25, -0.2) is 12.7 Å². The molecule has 0 spiro atoms. The van der Waals surface area contributed by atoms with Crippen LogP contribution >= 0.6 is 0 Å². The third-order valence-corrected chi connectivity index (χ3v) is 6.51. The van der Waals surface area contributed by atoms with E-state index in [1.807, 2.05) is 0 Å². The van der Waals surface area contributed by atoms with E-state index in [9.17, 15) is 13.2 Å². The fraction of sp³-hybridized carbons (Fsp3) is 0.769. The lowest BCUT2D eigenvalue weighted by Crippen LogP contribution is -2.44. The van der Waals surface area contributed by atoms with Gasteiger partial charge in [0.05, 0.1) is 11.8 Å². The second-order valence-corrected chi connectivity index (χ2v) is 8.08. The van der Waals surface area contributed by atoms with Gasteiger partial charge in [0, 0.05) is 19.0 Å². The van der Waals surface area contributed by atoms with Crippen molar-refractivity contribution in [2.75, 3.05) is 13.1 Å². The van der Waals surface area contributed by atoms with Crippen LogP contribution in [0, 0.1) is 12.8 Å². The van der Waals surface area contributed by atoms with Gasteiger partial charge >= 0.3 is 0 Å². The second-order valence-electron chi connectivity index (χ2n) is 5.87. The van der Waals surface area contributed by atoms with Crippen LogP contribution in [0.25, 0.3) is 0 Å². The highest BCUT2D eigenvalue weighted by atomic mass is 32.2. The minimum absolute atomic E-state index is 0.0840. The molecule has 1 aromatic rings. The lowest BCUT2D eigenvalue weighted by atomic mass is 9.97. The summed E-state index contributed by atoms with van der Waals surface area (Å²) in [4.78, 5) is 16.1. The van der Waals surface area contributed by atoms with Gasteiger partial charge in [0.2, 0.25) is 21.8 Å². The Hall–Kier alpha value is -1.48. The van der Waals surface area contributed by atoms with E-state index in [-0.39, 0.29) is 23.6 Å². The first-order chi connectivity index (χ1) is 10.5. The van der Waals surface area contributed by atoms with Gasteiger partial charge in [-0.3, -0.25) is 4.79 Å². The normalized spacial score (nSPS) is 21.0. The SMILES string of the molecule is Cc1noc(CNC(=O)C2CCN(S(=O)(=O)C3CC3)CC2)n1. The van der Waals surface area contributed by atoms with Crippen LogP contribution < -0.4 is 5.32 Å². The van der Waals surface area contributed by atoms with Crippen molar-refractivity contribution in [1.82, 2.24) is 19.8 Å². The monoisotopic (exact) mass is 328 g/mol. The summed E-state index contributed by atoms with van der Waals surface area (Å²) >= 11 is 0. The Kier molecular flexibility index (Phi) is 4.18. The summed E-state index contributed by atoms with van der Waals surface area (Å²) in [6.07, 6.45) is 2.65. The molecule has 1 saturated carbocycles.